The monoisotopic (exact) mass is 224 g/mol. The molecule has 0 aliphatic rings. The number of aromatic nitrogens is 3. The van der Waals surface area contributed by atoms with E-state index in [1.165, 1.54) is 0 Å². The highest BCUT2D eigenvalue weighted by molar-refractivity contribution is 5.63. The summed E-state index contributed by atoms with van der Waals surface area (Å²) in [5.41, 5.74) is 9.67. The van der Waals surface area contributed by atoms with E-state index in [0.29, 0.717) is 6.54 Å². The lowest BCUT2D eigenvalue weighted by Gasteiger charge is -1.97. The number of hydrogen-bond donors (Lipinski definition) is 1. The summed E-state index contributed by atoms with van der Waals surface area (Å²) in [6.45, 7) is 0.497. The van der Waals surface area contributed by atoms with Crippen LogP contribution in [-0.4, -0.2) is 14.4 Å². The van der Waals surface area contributed by atoms with Crippen molar-refractivity contribution >= 4 is 5.65 Å². The van der Waals surface area contributed by atoms with Gasteiger partial charge in [0.25, 0.3) is 0 Å². The summed E-state index contributed by atoms with van der Waals surface area (Å²) in [7, 11) is 0. The highest BCUT2D eigenvalue weighted by Gasteiger charge is 2.06. The van der Waals surface area contributed by atoms with E-state index in [1.54, 1.807) is 12.4 Å². The van der Waals surface area contributed by atoms with Crippen molar-refractivity contribution in [2.24, 2.45) is 5.73 Å². The van der Waals surface area contributed by atoms with Crippen LogP contribution in [0.4, 0.5) is 0 Å². The summed E-state index contributed by atoms with van der Waals surface area (Å²) in [5, 5.41) is 0. The van der Waals surface area contributed by atoms with Crippen molar-refractivity contribution in [3.63, 3.8) is 0 Å². The first-order chi connectivity index (χ1) is 8.38. The smallest absolute Gasteiger partial charge is 0.141 e. The van der Waals surface area contributed by atoms with E-state index in [-0.39, 0.29) is 0 Å². The lowest BCUT2D eigenvalue weighted by Crippen LogP contribution is -1.99. The first-order valence-electron chi connectivity index (χ1n) is 5.45. The largest absolute Gasteiger partial charge is 0.326 e. The van der Waals surface area contributed by atoms with Crippen molar-refractivity contribution in [1.29, 1.82) is 0 Å². The molecule has 3 aromatic rings. The average molecular weight is 224 g/mol. The number of fused-ring (bicyclic) bond motifs is 1. The molecule has 3 aromatic heterocycles. The Kier molecular flexibility index (Phi) is 2.34. The number of hydrogen-bond acceptors (Lipinski definition) is 3. The van der Waals surface area contributed by atoms with Gasteiger partial charge in [0.1, 0.15) is 5.65 Å². The third kappa shape index (κ3) is 1.68. The van der Waals surface area contributed by atoms with Crippen molar-refractivity contribution < 1.29 is 0 Å². The Morgan fingerprint density at radius 2 is 2.00 bits per heavy atom. The second-order valence-corrected chi connectivity index (χ2v) is 3.83. The number of imidazole rings is 1. The Labute approximate surface area is 98.8 Å². The molecule has 4 nitrogen and oxygen atoms in total. The van der Waals surface area contributed by atoms with Crippen LogP contribution in [0.3, 0.4) is 0 Å². The van der Waals surface area contributed by atoms with Gasteiger partial charge in [-0.3, -0.25) is 4.98 Å². The van der Waals surface area contributed by atoms with Crippen molar-refractivity contribution in [3.05, 3.63) is 54.6 Å². The van der Waals surface area contributed by atoms with Crippen molar-refractivity contribution in [2.45, 2.75) is 6.54 Å². The third-order valence-electron chi connectivity index (χ3n) is 2.76. The van der Waals surface area contributed by atoms with E-state index in [4.69, 9.17) is 5.73 Å². The molecule has 0 bridgehead atoms. The Morgan fingerprint density at radius 1 is 1.18 bits per heavy atom. The molecule has 2 N–H and O–H groups in total. The van der Waals surface area contributed by atoms with Gasteiger partial charge >= 0.3 is 0 Å². The second kappa shape index (κ2) is 3.99. The van der Waals surface area contributed by atoms with Crippen molar-refractivity contribution in [1.82, 2.24) is 14.4 Å². The molecule has 0 aromatic carbocycles. The molecule has 0 saturated carbocycles. The number of pyridine rings is 2. The van der Waals surface area contributed by atoms with Gasteiger partial charge < -0.3 is 10.1 Å². The molecule has 3 heterocycles. The van der Waals surface area contributed by atoms with Gasteiger partial charge in [0.05, 0.1) is 5.69 Å². The van der Waals surface area contributed by atoms with Gasteiger partial charge in [0.15, 0.2) is 0 Å². The van der Waals surface area contributed by atoms with E-state index >= 15 is 0 Å². The summed E-state index contributed by atoms with van der Waals surface area (Å²) in [6, 6.07) is 7.87. The van der Waals surface area contributed by atoms with Gasteiger partial charge in [-0.1, -0.05) is 6.07 Å². The Hall–Kier alpha value is -2.20. The number of rotatable bonds is 2. The van der Waals surface area contributed by atoms with Gasteiger partial charge in [-0.25, -0.2) is 4.98 Å². The van der Waals surface area contributed by atoms with Crippen LogP contribution in [0.5, 0.6) is 0 Å². The molecule has 0 aliphatic heterocycles. The van der Waals surface area contributed by atoms with Crippen LogP contribution in [0, 0.1) is 0 Å². The molecule has 0 fully saturated rings. The third-order valence-corrected chi connectivity index (χ3v) is 2.76. The molecular formula is C13H12N4. The Bertz CT molecular complexity index is 643. The first kappa shape index (κ1) is 9.99. The molecule has 17 heavy (non-hydrogen) atoms. The maximum atomic E-state index is 5.70. The summed E-state index contributed by atoms with van der Waals surface area (Å²) in [5.74, 6) is 0. The Balaban J connectivity index is 2.20. The fourth-order valence-electron chi connectivity index (χ4n) is 1.89. The highest BCUT2D eigenvalue weighted by Crippen LogP contribution is 2.19. The quantitative estimate of drug-likeness (QED) is 0.722. The predicted molar refractivity (Wildman–Crippen MR) is 66.3 cm³/mol. The zero-order chi connectivity index (χ0) is 11.7. The highest BCUT2D eigenvalue weighted by atomic mass is 15.0. The SMILES string of the molecule is NCc1cccn2cc(-c3ccncc3)nc12. The number of nitrogens with zero attached hydrogens (tertiary/aromatic N) is 3. The van der Waals surface area contributed by atoms with E-state index in [0.717, 1.165) is 22.5 Å². The molecule has 0 spiro atoms. The average Bonchev–Trinajstić information content (AvgIpc) is 2.83. The van der Waals surface area contributed by atoms with Crippen LogP contribution in [0.25, 0.3) is 16.9 Å². The zero-order valence-corrected chi connectivity index (χ0v) is 9.24. The van der Waals surface area contributed by atoms with Crippen LogP contribution in [-0.2, 0) is 6.54 Å². The lowest BCUT2D eigenvalue weighted by atomic mass is 10.2. The molecule has 0 amide bonds. The van der Waals surface area contributed by atoms with Crippen molar-refractivity contribution in [3.8, 4) is 11.3 Å². The fourth-order valence-corrected chi connectivity index (χ4v) is 1.89. The molecular weight excluding hydrogens is 212 g/mol. The van der Waals surface area contributed by atoms with Gasteiger partial charge in [-0.05, 0) is 18.2 Å². The summed E-state index contributed by atoms with van der Waals surface area (Å²) >= 11 is 0. The summed E-state index contributed by atoms with van der Waals surface area (Å²) in [4.78, 5) is 8.61. The van der Waals surface area contributed by atoms with Crippen LogP contribution < -0.4 is 5.73 Å². The molecule has 0 saturated heterocycles. The van der Waals surface area contributed by atoms with E-state index in [9.17, 15) is 0 Å². The van der Waals surface area contributed by atoms with Gasteiger partial charge in [0, 0.05) is 42.5 Å². The first-order valence-corrected chi connectivity index (χ1v) is 5.45. The maximum Gasteiger partial charge on any atom is 0.141 e. The minimum absolute atomic E-state index is 0.497. The van der Waals surface area contributed by atoms with E-state index in [2.05, 4.69) is 9.97 Å². The molecule has 0 aliphatic carbocycles. The predicted octanol–water partition coefficient (Wildman–Crippen LogP) is 1.85. The summed E-state index contributed by atoms with van der Waals surface area (Å²) in [6.07, 6.45) is 7.52. The van der Waals surface area contributed by atoms with Gasteiger partial charge in [-0.2, -0.15) is 0 Å². The molecule has 3 rings (SSSR count). The molecule has 0 atom stereocenters. The van der Waals surface area contributed by atoms with E-state index < -0.39 is 0 Å². The van der Waals surface area contributed by atoms with Crippen molar-refractivity contribution in [2.75, 3.05) is 0 Å². The van der Waals surface area contributed by atoms with Gasteiger partial charge in [-0.15, -0.1) is 0 Å². The maximum absolute atomic E-state index is 5.70. The van der Waals surface area contributed by atoms with Crippen LogP contribution >= 0.6 is 0 Å². The van der Waals surface area contributed by atoms with Crippen LogP contribution in [0.15, 0.2) is 49.1 Å². The standard InChI is InChI=1S/C13H12N4/c14-8-11-2-1-7-17-9-12(16-13(11)17)10-3-5-15-6-4-10/h1-7,9H,8,14H2. The molecule has 4 heteroatoms. The van der Waals surface area contributed by atoms with Crippen LogP contribution in [0.2, 0.25) is 0 Å². The fraction of sp³-hybridized carbons (Fsp3) is 0.0769. The summed E-state index contributed by atoms with van der Waals surface area (Å²) < 4.78 is 2.00. The van der Waals surface area contributed by atoms with Gasteiger partial charge in [0.2, 0.25) is 0 Å². The lowest BCUT2D eigenvalue weighted by molar-refractivity contribution is 1.04. The molecule has 0 radical (unpaired) electrons. The topological polar surface area (TPSA) is 56.2 Å². The minimum Gasteiger partial charge on any atom is -0.326 e. The Morgan fingerprint density at radius 3 is 2.76 bits per heavy atom. The van der Waals surface area contributed by atoms with Crippen LogP contribution in [0.1, 0.15) is 5.56 Å². The normalized spacial score (nSPS) is 10.9. The molecule has 0 unspecified atom stereocenters. The zero-order valence-electron chi connectivity index (χ0n) is 9.24. The second-order valence-electron chi connectivity index (χ2n) is 3.83. The number of nitrogens with two attached hydrogens (primary N) is 1. The molecule has 84 valence electrons. The van der Waals surface area contributed by atoms with E-state index in [1.807, 2.05) is 41.1 Å². The minimum atomic E-state index is 0.497.